The molecular weight excluding hydrogens is 323 g/mol. The molecule has 1 unspecified atom stereocenters. The van der Waals surface area contributed by atoms with Crippen LogP contribution in [0, 0.1) is 15.9 Å². The van der Waals surface area contributed by atoms with Gasteiger partial charge in [0.05, 0.1) is 11.0 Å². The standard InChI is InChI=1S/C19H21FN2O3/c20-17-6-1-4-15(10-17)12-21(14-19-8-3-9-25-19)13-16-5-2-7-18(11-16)22(23)24/h1-2,4-7,10-11,19H,3,8-9,12-14H2. The maximum absolute atomic E-state index is 13.5. The number of ether oxygens (including phenoxy) is 1. The van der Waals surface area contributed by atoms with Gasteiger partial charge in [-0.1, -0.05) is 24.3 Å². The maximum atomic E-state index is 13.5. The second-order valence-corrected chi connectivity index (χ2v) is 6.36. The molecule has 1 fully saturated rings. The predicted octanol–water partition coefficient (Wildman–Crippen LogP) is 3.92. The van der Waals surface area contributed by atoms with Gasteiger partial charge >= 0.3 is 0 Å². The van der Waals surface area contributed by atoms with Crippen LogP contribution in [0.3, 0.4) is 0 Å². The lowest BCUT2D eigenvalue weighted by Crippen LogP contribution is -2.31. The molecule has 3 rings (SSSR count). The average Bonchev–Trinajstić information content (AvgIpc) is 3.08. The first-order chi connectivity index (χ1) is 12.1. The first-order valence-corrected chi connectivity index (χ1v) is 8.42. The van der Waals surface area contributed by atoms with Crippen LogP contribution >= 0.6 is 0 Å². The molecular formula is C19H21FN2O3. The molecule has 1 aliphatic rings. The third-order valence-electron chi connectivity index (χ3n) is 4.31. The summed E-state index contributed by atoms with van der Waals surface area (Å²) in [5, 5.41) is 11.0. The van der Waals surface area contributed by atoms with E-state index in [9.17, 15) is 14.5 Å². The molecule has 1 atom stereocenters. The van der Waals surface area contributed by atoms with Crippen LogP contribution in [0.25, 0.3) is 0 Å². The SMILES string of the molecule is O=[N+]([O-])c1cccc(CN(Cc2cccc(F)c2)CC2CCCO2)c1. The molecule has 0 bridgehead atoms. The molecule has 0 amide bonds. The number of hydrogen-bond donors (Lipinski definition) is 0. The van der Waals surface area contributed by atoms with Crippen LogP contribution < -0.4 is 0 Å². The molecule has 5 nitrogen and oxygen atoms in total. The van der Waals surface area contributed by atoms with Crippen LogP contribution in [0.15, 0.2) is 48.5 Å². The molecule has 0 radical (unpaired) electrons. The van der Waals surface area contributed by atoms with Crippen LogP contribution in [0.1, 0.15) is 24.0 Å². The number of halogens is 1. The van der Waals surface area contributed by atoms with Crippen LogP contribution in [0.2, 0.25) is 0 Å². The lowest BCUT2D eigenvalue weighted by molar-refractivity contribution is -0.384. The molecule has 2 aromatic carbocycles. The number of benzene rings is 2. The Morgan fingerprint density at radius 2 is 1.88 bits per heavy atom. The van der Waals surface area contributed by atoms with Crippen molar-refractivity contribution in [3.8, 4) is 0 Å². The van der Waals surface area contributed by atoms with Crippen molar-refractivity contribution in [2.45, 2.75) is 32.0 Å². The Hall–Kier alpha value is -2.31. The summed E-state index contributed by atoms with van der Waals surface area (Å²) < 4.78 is 19.2. The highest BCUT2D eigenvalue weighted by Crippen LogP contribution is 2.19. The van der Waals surface area contributed by atoms with Gasteiger partial charge in [0.1, 0.15) is 5.82 Å². The summed E-state index contributed by atoms with van der Waals surface area (Å²) in [6.07, 6.45) is 2.22. The fraction of sp³-hybridized carbons (Fsp3) is 0.368. The zero-order valence-corrected chi connectivity index (χ0v) is 13.9. The number of hydrogen-bond acceptors (Lipinski definition) is 4. The van der Waals surface area contributed by atoms with Gasteiger partial charge in [0.25, 0.3) is 5.69 Å². The van der Waals surface area contributed by atoms with Crippen LogP contribution in [0.4, 0.5) is 10.1 Å². The van der Waals surface area contributed by atoms with E-state index in [0.717, 1.165) is 37.1 Å². The number of non-ortho nitro benzene ring substituents is 1. The van der Waals surface area contributed by atoms with E-state index in [0.29, 0.717) is 13.1 Å². The zero-order valence-electron chi connectivity index (χ0n) is 13.9. The second kappa shape index (κ2) is 8.18. The summed E-state index contributed by atoms with van der Waals surface area (Å²) >= 11 is 0. The van der Waals surface area contributed by atoms with Gasteiger partial charge in [0.2, 0.25) is 0 Å². The summed E-state index contributed by atoms with van der Waals surface area (Å²) in [5.74, 6) is -0.259. The highest BCUT2D eigenvalue weighted by Gasteiger charge is 2.20. The molecule has 6 heteroatoms. The highest BCUT2D eigenvalue weighted by molar-refractivity contribution is 5.34. The molecule has 1 heterocycles. The van der Waals surface area contributed by atoms with E-state index in [1.807, 2.05) is 12.1 Å². The summed E-state index contributed by atoms with van der Waals surface area (Å²) in [7, 11) is 0. The van der Waals surface area contributed by atoms with Crippen molar-refractivity contribution in [1.82, 2.24) is 4.90 Å². The number of nitro groups is 1. The van der Waals surface area contributed by atoms with Crippen molar-refractivity contribution in [3.63, 3.8) is 0 Å². The van der Waals surface area contributed by atoms with Gasteiger partial charge in [0.15, 0.2) is 0 Å². The number of nitro benzene ring substituents is 1. The van der Waals surface area contributed by atoms with E-state index in [4.69, 9.17) is 4.74 Å². The Kier molecular flexibility index (Phi) is 5.73. The number of rotatable bonds is 7. The van der Waals surface area contributed by atoms with Crippen molar-refractivity contribution < 1.29 is 14.1 Å². The smallest absolute Gasteiger partial charge is 0.269 e. The molecule has 0 spiro atoms. The fourth-order valence-corrected chi connectivity index (χ4v) is 3.18. The fourth-order valence-electron chi connectivity index (χ4n) is 3.18. The average molecular weight is 344 g/mol. The Morgan fingerprint density at radius 3 is 2.52 bits per heavy atom. The minimum Gasteiger partial charge on any atom is -0.377 e. The van der Waals surface area contributed by atoms with E-state index in [1.54, 1.807) is 18.2 Å². The van der Waals surface area contributed by atoms with Gasteiger partial charge in [-0.3, -0.25) is 15.0 Å². The first kappa shape index (κ1) is 17.5. The quantitative estimate of drug-likeness (QED) is 0.564. The molecule has 0 aromatic heterocycles. The highest BCUT2D eigenvalue weighted by atomic mass is 19.1. The molecule has 0 aliphatic carbocycles. The molecule has 25 heavy (non-hydrogen) atoms. The minimum atomic E-state index is -0.388. The lowest BCUT2D eigenvalue weighted by Gasteiger charge is -2.25. The van der Waals surface area contributed by atoms with E-state index < -0.39 is 0 Å². The van der Waals surface area contributed by atoms with Crippen molar-refractivity contribution >= 4 is 5.69 Å². The molecule has 1 aliphatic heterocycles. The van der Waals surface area contributed by atoms with E-state index in [-0.39, 0.29) is 22.5 Å². The molecule has 0 saturated carbocycles. The Morgan fingerprint density at radius 1 is 1.16 bits per heavy atom. The van der Waals surface area contributed by atoms with Crippen molar-refractivity contribution in [2.24, 2.45) is 0 Å². The van der Waals surface area contributed by atoms with Crippen molar-refractivity contribution in [1.29, 1.82) is 0 Å². The Labute approximate surface area is 146 Å². The van der Waals surface area contributed by atoms with E-state index in [1.165, 1.54) is 18.2 Å². The summed E-state index contributed by atoms with van der Waals surface area (Å²) in [4.78, 5) is 12.7. The van der Waals surface area contributed by atoms with Crippen molar-refractivity contribution in [2.75, 3.05) is 13.2 Å². The number of nitrogens with zero attached hydrogens (tertiary/aromatic N) is 2. The molecule has 1 saturated heterocycles. The van der Waals surface area contributed by atoms with Crippen LogP contribution in [-0.2, 0) is 17.8 Å². The van der Waals surface area contributed by atoms with Gasteiger partial charge in [-0.15, -0.1) is 0 Å². The third-order valence-corrected chi connectivity index (χ3v) is 4.31. The Bertz CT molecular complexity index is 732. The van der Waals surface area contributed by atoms with Gasteiger partial charge in [-0.25, -0.2) is 4.39 Å². The van der Waals surface area contributed by atoms with Crippen LogP contribution in [-0.4, -0.2) is 29.1 Å². The van der Waals surface area contributed by atoms with Gasteiger partial charge in [-0.2, -0.15) is 0 Å². The minimum absolute atomic E-state index is 0.0836. The largest absolute Gasteiger partial charge is 0.377 e. The van der Waals surface area contributed by atoms with Crippen LogP contribution in [0.5, 0.6) is 0 Å². The van der Waals surface area contributed by atoms with Gasteiger partial charge < -0.3 is 4.74 Å². The topological polar surface area (TPSA) is 55.6 Å². The Balaban J connectivity index is 1.75. The molecule has 0 N–H and O–H groups in total. The first-order valence-electron chi connectivity index (χ1n) is 8.42. The monoisotopic (exact) mass is 344 g/mol. The summed E-state index contributed by atoms with van der Waals surface area (Å²) in [6.45, 7) is 2.62. The normalized spacial score (nSPS) is 17.1. The van der Waals surface area contributed by atoms with E-state index in [2.05, 4.69) is 4.90 Å². The summed E-state index contributed by atoms with van der Waals surface area (Å²) in [6, 6.07) is 13.2. The predicted molar refractivity (Wildman–Crippen MR) is 92.6 cm³/mol. The second-order valence-electron chi connectivity index (χ2n) is 6.36. The molecule has 2 aromatic rings. The van der Waals surface area contributed by atoms with E-state index >= 15 is 0 Å². The van der Waals surface area contributed by atoms with Gasteiger partial charge in [-0.05, 0) is 36.1 Å². The summed E-state index contributed by atoms with van der Waals surface area (Å²) in [5.41, 5.74) is 1.83. The van der Waals surface area contributed by atoms with Crippen molar-refractivity contribution in [3.05, 3.63) is 75.6 Å². The third kappa shape index (κ3) is 5.08. The zero-order chi connectivity index (χ0) is 17.6. The lowest BCUT2D eigenvalue weighted by atomic mass is 10.1. The maximum Gasteiger partial charge on any atom is 0.269 e. The molecule has 132 valence electrons. The van der Waals surface area contributed by atoms with Gasteiger partial charge in [0, 0.05) is 38.4 Å².